The fourth-order valence-electron chi connectivity index (χ4n) is 3.36. The highest BCUT2D eigenvalue weighted by Gasteiger charge is 2.26. The minimum atomic E-state index is -0.555. The lowest BCUT2D eigenvalue weighted by Gasteiger charge is -2.34. The van der Waals surface area contributed by atoms with Crippen LogP contribution in [-0.2, 0) is 4.74 Å². The molecule has 0 spiro atoms. The zero-order valence-corrected chi connectivity index (χ0v) is 17.3. The Hall–Kier alpha value is -0.990. The number of hydrogen-bond donors (Lipinski definition) is 2. The van der Waals surface area contributed by atoms with E-state index in [1.165, 1.54) is 9.13 Å². The van der Waals surface area contributed by atoms with E-state index < -0.39 is 6.10 Å². The van der Waals surface area contributed by atoms with Crippen molar-refractivity contribution in [2.75, 3.05) is 32.8 Å². The Balaban J connectivity index is 1.74. The van der Waals surface area contributed by atoms with E-state index in [1.807, 2.05) is 30.3 Å². The van der Waals surface area contributed by atoms with Crippen molar-refractivity contribution in [2.24, 2.45) is 0 Å². The van der Waals surface area contributed by atoms with Crippen LogP contribution in [0.4, 0.5) is 0 Å². The Morgan fingerprint density at radius 3 is 2.35 bits per heavy atom. The molecule has 0 unspecified atom stereocenters. The predicted octanol–water partition coefficient (Wildman–Crippen LogP) is 3.38. The van der Waals surface area contributed by atoms with Gasteiger partial charge < -0.3 is 15.2 Å². The summed E-state index contributed by atoms with van der Waals surface area (Å²) in [7, 11) is 0. The average Bonchev–Trinajstić information content (AvgIpc) is 2.69. The molecule has 1 aliphatic rings. The topological polar surface area (TPSA) is 44.7 Å². The van der Waals surface area contributed by atoms with Gasteiger partial charge in [-0.2, -0.15) is 0 Å². The summed E-state index contributed by atoms with van der Waals surface area (Å²) in [6.07, 6.45) is -0.555. The van der Waals surface area contributed by atoms with E-state index in [1.54, 1.807) is 0 Å². The molecule has 0 amide bonds. The van der Waals surface area contributed by atoms with Gasteiger partial charge in [0.05, 0.1) is 25.4 Å². The number of aliphatic hydroxyl groups excluding tert-OH is 1. The van der Waals surface area contributed by atoms with Gasteiger partial charge in [-0.05, 0) is 52.8 Å². The Kier molecular flexibility index (Phi) is 7.45. The molecular weight excluding hydrogens is 439 g/mol. The molecule has 26 heavy (non-hydrogen) atoms. The maximum Gasteiger partial charge on any atom is 0.0955 e. The van der Waals surface area contributed by atoms with Gasteiger partial charge in [0.2, 0.25) is 0 Å². The van der Waals surface area contributed by atoms with Crippen LogP contribution in [-0.4, -0.2) is 48.9 Å². The Bertz CT molecular complexity index is 659. The summed E-state index contributed by atoms with van der Waals surface area (Å²) in [5.74, 6) is 0. The normalized spacial score (nSPS) is 19.0. The molecule has 0 radical (unpaired) electrons. The smallest absolute Gasteiger partial charge is 0.0955 e. The highest BCUT2D eigenvalue weighted by molar-refractivity contribution is 14.1. The highest BCUT2D eigenvalue weighted by atomic mass is 127. The molecule has 0 saturated carbocycles. The first-order chi connectivity index (χ1) is 12.6. The summed E-state index contributed by atoms with van der Waals surface area (Å²) in [6, 6.07) is 18.6. The van der Waals surface area contributed by atoms with Crippen LogP contribution in [0.5, 0.6) is 0 Å². The summed E-state index contributed by atoms with van der Waals surface area (Å²) >= 11 is 2.29. The van der Waals surface area contributed by atoms with Crippen molar-refractivity contribution in [2.45, 2.75) is 25.1 Å². The number of halogens is 1. The molecule has 0 bridgehead atoms. The number of aliphatic hydroxyl groups is 1. The third kappa shape index (κ3) is 5.50. The number of rotatable bonds is 7. The molecule has 2 aromatic rings. The van der Waals surface area contributed by atoms with Gasteiger partial charge >= 0.3 is 0 Å². The first-order valence-electron chi connectivity index (χ1n) is 9.18. The van der Waals surface area contributed by atoms with Gasteiger partial charge in [0.15, 0.2) is 0 Å². The first-order valence-corrected chi connectivity index (χ1v) is 10.3. The van der Waals surface area contributed by atoms with Gasteiger partial charge in [0.1, 0.15) is 0 Å². The van der Waals surface area contributed by atoms with Gasteiger partial charge in [0, 0.05) is 29.2 Å². The number of morpholine rings is 1. The summed E-state index contributed by atoms with van der Waals surface area (Å²) < 4.78 is 6.64. The second-order valence-electron chi connectivity index (χ2n) is 6.81. The lowest BCUT2D eigenvalue weighted by molar-refractivity contribution is 0.0188. The molecule has 1 fully saturated rings. The molecular formula is C21H27IN2O2. The van der Waals surface area contributed by atoms with Crippen LogP contribution < -0.4 is 5.32 Å². The van der Waals surface area contributed by atoms with Crippen molar-refractivity contribution < 1.29 is 9.84 Å². The molecule has 1 heterocycles. The fourth-order valence-corrected chi connectivity index (χ4v) is 3.72. The van der Waals surface area contributed by atoms with Gasteiger partial charge in [0.25, 0.3) is 0 Å². The molecule has 3 atom stereocenters. The highest BCUT2D eigenvalue weighted by Crippen LogP contribution is 2.22. The molecule has 5 heteroatoms. The van der Waals surface area contributed by atoms with Crippen LogP contribution in [0.25, 0.3) is 0 Å². The van der Waals surface area contributed by atoms with Gasteiger partial charge in [-0.1, -0.05) is 42.5 Å². The summed E-state index contributed by atoms with van der Waals surface area (Å²) in [4.78, 5) is 2.37. The van der Waals surface area contributed by atoms with E-state index in [0.717, 1.165) is 38.4 Å². The lowest BCUT2D eigenvalue weighted by Crippen LogP contribution is -2.48. The van der Waals surface area contributed by atoms with Gasteiger partial charge in [-0.25, -0.2) is 0 Å². The van der Waals surface area contributed by atoms with Crippen LogP contribution in [0.1, 0.15) is 30.2 Å². The molecule has 3 rings (SSSR count). The molecule has 1 saturated heterocycles. The number of ether oxygens (including phenoxy) is 1. The van der Waals surface area contributed by atoms with E-state index in [4.69, 9.17) is 4.74 Å². The quantitative estimate of drug-likeness (QED) is 0.615. The molecule has 1 aliphatic heterocycles. The van der Waals surface area contributed by atoms with E-state index in [9.17, 15) is 5.11 Å². The average molecular weight is 466 g/mol. The molecule has 0 aliphatic carbocycles. The van der Waals surface area contributed by atoms with Crippen molar-refractivity contribution in [1.82, 2.24) is 10.2 Å². The van der Waals surface area contributed by atoms with Gasteiger partial charge in [-0.3, -0.25) is 4.90 Å². The SMILES string of the molecule is C[C@H](N[C@H](CN1CCOCC1)[C@H](O)c1ccc(I)cc1)c1ccccc1. The largest absolute Gasteiger partial charge is 0.387 e. The van der Waals surface area contributed by atoms with Crippen molar-refractivity contribution in [1.29, 1.82) is 0 Å². The molecule has 4 nitrogen and oxygen atoms in total. The van der Waals surface area contributed by atoms with Crippen LogP contribution in [0.15, 0.2) is 54.6 Å². The number of hydrogen-bond acceptors (Lipinski definition) is 4. The van der Waals surface area contributed by atoms with E-state index >= 15 is 0 Å². The minimum absolute atomic E-state index is 0.0524. The van der Waals surface area contributed by atoms with Crippen molar-refractivity contribution in [3.63, 3.8) is 0 Å². The third-order valence-corrected chi connectivity index (χ3v) is 5.63. The molecule has 140 valence electrons. The zero-order chi connectivity index (χ0) is 18.4. The third-order valence-electron chi connectivity index (χ3n) is 4.91. The van der Waals surface area contributed by atoms with Crippen LogP contribution >= 0.6 is 22.6 Å². The van der Waals surface area contributed by atoms with Crippen LogP contribution in [0.3, 0.4) is 0 Å². The van der Waals surface area contributed by atoms with E-state index in [-0.39, 0.29) is 12.1 Å². The Morgan fingerprint density at radius 2 is 1.69 bits per heavy atom. The maximum atomic E-state index is 11.1. The Labute approximate surface area is 169 Å². The number of nitrogens with one attached hydrogen (secondary N) is 1. The first kappa shape index (κ1) is 19.8. The van der Waals surface area contributed by atoms with Crippen LogP contribution in [0.2, 0.25) is 0 Å². The van der Waals surface area contributed by atoms with Crippen molar-refractivity contribution >= 4 is 22.6 Å². The fraction of sp³-hybridized carbons (Fsp3) is 0.429. The summed E-state index contributed by atoms with van der Waals surface area (Å²) in [5.41, 5.74) is 2.19. The van der Waals surface area contributed by atoms with Gasteiger partial charge in [-0.15, -0.1) is 0 Å². The summed E-state index contributed by atoms with van der Waals surface area (Å²) in [5, 5.41) is 14.7. The molecule has 2 aromatic carbocycles. The lowest BCUT2D eigenvalue weighted by atomic mass is 9.99. The van der Waals surface area contributed by atoms with Crippen molar-refractivity contribution in [3.05, 3.63) is 69.3 Å². The number of nitrogens with zero attached hydrogens (tertiary/aromatic N) is 1. The Morgan fingerprint density at radius 1 is 1.04 bits per heavy atom. The van der Waals surface area contributed by atoms with E-state index in [0.29, 0.717) is 0 Å². The minimum Gasteiger partial charge on any atom is -0.387 e. The molecule has 0 aromatic heterocycles. The second kappa shape index (κ2) is 9.80. The van der Waals surface area contributed by atoms with Crippen molar-refractivity contribution in [3.8, 4) is 0 Å². The zero-order valence-electron chi connectivity index (χ0n) is 15.1. The summed E-state index contributed by atoms with van der Waals surface area (Å²) in [6.45, 7) is 6.31. The standard InChI is InChI=1S/C21H27IN2O2/c1-16(17-5-3-2-4-6-17)23-20(15-24-11-13-26-14-12-24)21(25)18-7-9-19(22)10-8-18/h2-10,16,20-21,23,25H,11-15H2,1H3/t16-,20+,21+/m0/s1. The second-order valence-corrected chi connectivity index (χ2v) is 8.06. The van der Waals surface area contributed by atoms with E-state index in [2.05, 4.69) is 64.0 Å². The maximum absolute atomic E-state index is 11.1. The molecule has 2 N–H and O–H groups in total. The predicted molar refractivity (Wildman–Crippen MR) is 113 cm³/mol. The van der Waals surface area contributed by atoms with Crippen LogP contribution in [0, 0.1) is 3.57 Å². The number of benzene rings is 2. The monoisotopic (exact) mass is 466 g/mol.